The van der Waals surface area contributed by atoms with Crippen LogP contribution in [-0.4, -0.2) is 47.6 Å². The normalized spacial score (nSPS) is 20.9. The van der Waals surface area contributed by atoms with Crippen LogP contribution >= 0.6 is 34.5 Å². The number of morpholine rings is 1. The van der Waals surface area contributed by atoms with Gasteiger partial charge in [-0.25, -0.2) is 4.98 Å². The van der Waals surface area contributed by atoms with Crippen LogP contribution in [0, 0.1) is 0 Å². The molecule has 1 N–H and O–H groups in total. The van der Waals surface area contributed by atoms with Crippen LogP contribution in [0.2, 0.25) is 10.0 Å². The molecule has 0 unspecified atom stereocenters. The molecule has 1 fully saturated rings. The summed E-state index contributed by atoms with van der Waals surface area (Å²) < 4.78 is 5.69. The molecule has 26 heavy (non-hydrogen) atoms. The second-order valence-electron chi connectivity index (χ2n) is 6.54. The monoisotopic (exact) mass is 413 g/mol. The van der Waals surface area contributed by atoms with E-state index in [0.29, 0.717) is 28.1 Å². The number of ether oxygens (including phenoxy) is 1. The minimum Gasteiger partial charge on any atom is -0.373 e. The van der Waals surface area contributed by atoms with Gasteiger partial charge in [0.25, 0.3) is 0 Å². The van der Waals surface area contributed by atoms with E-state index in [-0.39, 0.29) is 18.1 Å². The first-order valence-electron chi connectivity index (χ1n) is 8.45. The fourth-order valence-corrected chi connectivity index (χ4v) is 4.32. The van der Waals surface area contributed by atoms with Gasteiger partial charge in [0.1, 0.15) is 0 Å². The average Bonchev–Trinajstić information content (AvgIpc) is 2.96. The number of halogens is 2. The van der Waals surface area contributed by atoms with E-state index < -0.39 is 0 Å². The van der Waals surface area contributed by atoms with Crippen molar-refractivity contribution in [3.05, 3.63) is 44.9 Å². The highest BCUT2D eigenvalue weighted by Crippen LogP contribution is 2.27. The highest BCUT2D eigenvalue weighted by atomic mass is 35.5. The predicted molar refractivity (Wildman–Crippen MR) is 106 cm³/mol. The first kappa shape index (κ1) is 19.6. The summed E-state index contributed by atoms with van der Waals surface area (Å²) >= 11 is 13.7. The zero-order valence-corrected chi connectivity index (χ0v) is 17.0. The Morgan fingerprint density at radius 2 is 2.08 bits per heavy atom. The number of nitrogens with zero attached hydrogens (tertiary/aromatic N) is 2. The zero-order chi connectivity index (χ0) is 18.7. The van der Waals surface area contributed by atoms with Gasteiger partial charge in [-0.2, -0.15) is 0 Å². The summed E-state index contributed by atoms with van der Waals surface area (Å²) in [5.41, 5.74) is 0.942. The van der Waals surface area contributed by atoms with Crippen molar-refractivity contribution >= 4 is 45.6 Å². The Kier molecular flexibility index (Phi) is 6.53. The molecule has 1 aromatic heterocycles. The third-order valence-corrected chi connectivity index (χ3v) is 5.55. The maximum Gasteiger partial charge on any atom is 0.240 e. The van der Waals surface area contributed by atoms with E-state index in [0.717, 1.165) is 23.5 Å². The number of hydrogen-bond donors (Lipinski definition) is 1. The average molecular weight is 414 g/mol. The smallest absolute Gasteiger partial charge is 0.240 e. The third kappa shape index (κ3) is 5.41. The highest BCUT2D eigenvalue weighted by Gasteiger charge is 2.23. The standard InChI is InChI=1S/C18H21Cl2N3O2S/c1-11-8-23(9-12(2)25-11)10-17(24)22-18-21-7-15(26-18)6-13-5-14(19)3-4-16(13)20/h3-5,7,11-12H,6,8-10H2,1-2H3,(H,21,22,24)/t11-,12+. The molecule has 0 bridgehead atoms. The Morgan fingerprint density at radius 1 is 1.35 bits per heavy atom. The van der Waals surface area contributed by atoms with Gasteiger partial charge in [0.2, 0.25) is 5.91 Å². The number of hydrogen-bond acceptors (Lipinski definition) is 5. The van der Waals surface area contributed by atoms with Crippen molar-refractivity contribution in [1.82, 2.24) is 9.88 Å². The topological polar surface area (TPSA) is 54.5 Å². The van der Waals surface area contributed by atoms with Gasteiger partial charge in [0.15, 0.2) is 5.13 Å². The fourth-order valence-electron chi connectivity index (χ4n) is 3.09. The molecule has 0 aliphatic carbocycles. The van der Waals surface area contributed by atoms with Crippen LogP contribution in [0.3, 0.4) is 0 Å². The lowest BCUT2D eigenvalue weighted by Crippen LogP contribution is -2.48. The van der Waals surface area contributed by atoms with Gasteiger partial charge >= 0.3 is 0 Å². The number of rotatable bonds is 5. The van der Waals surface area contributed by atoms with Gasteiger partial charge < -0.3 is 10.1 Å². The van der Waals surface area contributed by atoms with E-state index >= 15 is 0 Å². The van der Waals surface area contributed by atoms with Gasteiger partial charge in [-0.15, -0.1) is 11.3 Å². The van der Waals surface area contributed by atoms with Crippen LogP contribution in [0.15, 0.2) is 24.4 Å². The summed E-state index contributed by atoms with van der Waals surface area (Å²) in [6.07, 6.45) is 2.67. The Labute approximate surface area is 167 Å². The SMILES string of the molecule is C[C@@H]1CN(CC(=O)Nc2ncc(Cc3cc(Cl)ccc3Cl)s2)C[C@H](C)O1. The van der Waals surface area contributed by atoms with Crippen molar-refractivity contribution in [3.63, 3.8) is 0 Å². The second-order valence-corrected chi connectivity index (χ2v) is 8.50. The van der Waals surface area contributed by atoms with Crippen LogP contribution < -0.4 is 5.32 Å². The minimum atomic E-state index is -0.0620. The van der Waals surface area contributed by atoms with Gasteiger partial charge in [0.05, 0.1) is 18.8 Å². The maximum atomic E-state index is 12.3. The Hall–Kier alpha value is -1.18. The lowest BCUT2D eigenvalue weighted by atomic mass is 10.1. The Morgan fingerprint density at radius 3 is 2.81 bits per heavy atom. The van der Waals surface area contributed by atoms with Crippen LogP contribution in [-0.2, 0) is 16.0 Å². The maximum absolute atomic E-state index is 12.3. The summed E-state index contributed by atoms with van der Waals surface area (Å²) in [4.78, 5) is 19.7. The Balaban J connectivity index is 1.56. The summed E-state index contributed by atoms with van der Waals surface area (Å²) in [5.74, 6) is -0.0620. The van der Waals surface area contributed by atoms with Gasteiger partial charge in [-0.3, -0.25) is 9.69 Å². The number of benzene rings is 1. The summed E-state index contributed by atoms with van der Waals surface area (Å²) in [6, 6.07) is 5.40. The van der Waals surface area contributed by atoms with Crippen LogP contribution in [0.5, 0.6) is 0 Å². The van der Waals surface area contributed by atoms with E-state index in [1.807, 2.05) is 19.9 Å². The van der Waals surface area contributed by atoms with E-state index in [1.54, 1.807) is 18.3 Å². The molecule has 1 saturated heterocycles. The second kappa shape index (κ2) is 8.67. The minimum absolute atomic E-state index is 0.0620. The highest BCUT2D eigenvalue weighted by molar-refractivity contribution is 7.15. The van der Waals surface area contributed by atoms with Crippen molar-refractivity contribution in [2.45, 2.75) is 32.5 Å². The Bertz CT molecular complexity index is 774. The summed E-state index contributed by atoms with van der Waals surface area (Å²) in [5, 5.41) is 4.79. The van der Waals surface area contributed by atoms with Crippen molar-refractivity contribution in [3.8, 4) is 0 Å². The summed E-state index contributed by atoms with van der Waals surface area (Å²) in [7, 11) is 0. The number of amides is 1. The van der Waals surface area contributed by atoms with Crippen molar-refractivity contribution in [1.29, 1.82) is 0 Å². The van der Waals surface area contributed by atoms with Crippen molar-refractivity contribution in [2.24, 2.45) is 0 Å². The van der Waals surface area contributed by atoms with Crippen molar-refractivity contribution in [2.75, 3.05) is 25.0 Å². The number of carbonyl (C=O) groups is 1. The van der Waals surface area contributed by atoms with Crippen molar-refractivity contribution < 1.29 is 9.53 Å². The first-order valence-corrected chi connectivity index (χ1v) is 10.0. The molecule has 140 valence electrons. The molecule has 0 radical (unpaired) electrons. The molecule has 1 amide bonds. The molecule has 0 spiro atoms. The molecule has 8 heteroatoms. The molecule has 1 aliphatic heterocycles. The number of anilines is 1. The lowest BCUT2D eigenvalue weighted by molar-refractivity contribution is -0.121. The molecule has 3 rings (SSSR count). The lowest BCUT2D eigenvalue weighted by Gasteiger charge is -2.34. The van der Waals surface area contributed by atoms with E-state index in [4.69, 9.17) is 27.9 Å². The van der Waals surface area contributed by atoms with E-state index in [9.17, 15) is 4.79 Å². The number of nitrogens with one attached hydrogen (secondary N) is 1. The summed E-state index contributed by atoms with van der Waals surface area (Å²) in [6.45, 7) is 5.90. The van der Waals surface area contributed by atoms with E-state index in [1.165, 1.54) is 11.3 Å². The molecular weight excluding hydrogens is 393 g/mol. The van der Waals surface area contributed by atoms with Gasteiger partial charge in [0, 0.05) is 40.6 Å². The molecular formula is C18H21Cl2N3O2S. The number of aromatic nitrogens is 1. The van der Waals surface area contributed by atoms with Crippen LogP contribution in [0.25, 0.3) is 0 Å². The third-order valence-electron chi connectivity index (χ3n) is 4.03. The number of thiazole rings is 1. The quantitative estimate of drug-likeness (QED) is 0.801. The fraction of sp³-hybridized carbons (Fsp3) is 0.444. The van der Waals surface area contributed by atoms with E-state index in [2.05, 4.69) is 15.2 Å². The largest absolute Gasteiger partial charge is 0.373 e. The van der Waals surface area contributed by atoms with Crippen LogP contribution in [0.4, 0.5) is 5.13 Å². The molecule has 2 aromatic rings. The molecule has 2 atom stereocenters. The van der Waals surface area contributed by atoms with Gasteiger partial charge in [-0.1, -0.05) is 23.2 Å². The predicted octanol–water partition coefficient (Wildman–Crippen LogP) is 4.09. The molecule has 5 nitrogen and oxygen atoms in total. The van der Waals surface area contributed by atoms with Gasteiger partial charge in [-0.05, 0) is 37.6 Å². The molecule has 0 saturated carbocycles. The molecule has 2 heterocycles. The molecule has 1 aliphatic rings. The number of carbonyl (C=O) groups excluding carboxylic acids is 1. The zero-order valence-electron chi connectivity index (χ0n) is 14.7. The first-order chi connectivity index (χ1) is 12.4. The van der Waals surface area contributed by atoms with Crippen LogP contribution in [0.1, 0.15) is 24.3 Å². The molecule has 1 aromatic carbocycles.